The van der Waals surface area contributed by atoms with Crippen molar-refractivity contribution in [3.05, 3.63) is 57.5 Å². The SMILES string of the molecule is O=S(=O)=c1c(Cc2ccc3c(c2)OCO3)cccn1[O-]. The molecule has 6 nitrogen and oxygen atoms in total. The van der Waals surface area contributed by atoms with E-state index in [0.29, 0.717) is 28.2 Å². The zero-order valence-electron chi connectivity index (χ0n) is 10.3. The van der Waals surface area contributed by atoms with E-state index >= 15 is 0 Å². The normalized spacial score (nSPS) is 12.4. The first kappa shape index (κ1) is 12.6. The van der Waals surface area contributed by atoms with Crippen molar-refractivity contribution in [1.29, 1.82) is 0 Å². The molecule has 0 saturated carbocycles. The van der Waals surface area contributed by atoms with Gasteiger partial charge in [0.1, 0.15) is 0 Å². The Hall–Kier alpha value is -2.41. The largest absolute Gasteiger partial charge is 0.805 e. The van der Waals surface area contributed by atoms with Gasteiger partial charge in [-0.2, -0.15) is 8.42 Å². The van der Waals surface area contributed by atoms with Crippen LogP contribution in [0.3, 0.4) is 0 Å². The Morgan fingerprint density at radius 2 is 2.00 bits per heavy atom. The first-order valence-corrected chi connectivity index (χ1v) is 6.91. The van der Waals surface area contributed by atoms with Gasteiger partial charge in [0.2, 0.25) is 17.1 Å². The number of nitrogens with zero attached hydrogens (tertiary/aromatic N) is 1. The molecule has 1 aliphatic rings. The molecular weight excluding hydrogens is 282 g/mol. The van der Waals surface area contributed by atoms with Crippen LogP contribution in [0.4, 0.5) is 0 Å². The minimum atomic E-state index is -2.58. The maximum absolute atomic E-state index is 11.5. The molecule has 0 fully saturated rings. The fourth-order valence-electron chi connectivity index (χ4n) is 2.10. The monoisotopic (exact) mass is 292 g/mol. The topological polar surface area (TPSA) is 80.6 Å². The van der Waals surface area contributed by atoms with E-state index in [-0.39, 0.29) is 11.4 Å². The van der Waals surface area contributed by atoms with Crippen LogP contribution in [0.2, 0.25) is 0 Å². The summed E-state index contributed by atoms with van der Waals surface area (Å²) in [5.41, 5.74) is 1.28. The maximum atomic E-state index is 11.5. The number of hydrogen-bond acceptors (Lipinski definition) is 5. The molecule has 0 aliphatic carbocycles. The fraction of sp³-hybridized carbons (Fsp3) is 0.154. The molecule has 0 radical (unpaired) electrons. The van der Waals surface area contributed by atoms with Crippen molar-refractivity contribution in [1.82, 2.24) is 4.73 Å². The molecule has 3 rings (SSSR count). The second-order valence-corrected chi connectivity index (χ2v) is 5.12. The molecule has 0 amide bonds. The smallest absolute Gasteiger partial charge is 0.238 e. The Morgan fingerprint density at radius 3 is 2.80 bits per heavy atom. The highest BCUT2D eigenvalue weighted by Gasteiger charge is 2.13. The molecule has 2 aromatic rings. The third-order valence-corrected chi connectivity index (χ3v) is 3.74. The number of ether oxygens (including phenoxy) is 2. The molecular formula is C13H10NO5S-. The van der Waals surface area contributed by atoms with Gasteiger partial charge in [-0.1, -0.05) is 12.1 Å². The highest BCUT2D eigenvalue weighted by atomic mass is 32.2. The summed E-state index contributed by atoms with van der Waals surface area (Å²) in [6, 6.07) is 8.49. The van der Waals surface area contributed by atoms with Gasteiger partial charge in [-0.25, -0.2) is 0 Å². The minimum Gasteiger partial charge on any atom is -0.805 e. The number of aromatic nitrogens is 1. The van der Waals surface area contributed by atoms with Crippen LogP contribution >= 0.6 is 0 Å². The summed E-state index contributed by atoms with van der Waals surface area (Å²) >= 11 is 0. The Bertz CT molecular complexity index is 830. The average molecular weight is 292 g/mol. The fourth-order valence-corrected chi connectivity index (χ4v) is 2.67. The number of rotatable bonds is 2. The Balaban J connectivity index is 2.05. The molecule has 0 unspecified atom stereocenters. The van der Waals surface area contributed by atoms with E-state index < -0.39 is 10.3 Å². The molecule has 0 N–H and O–H groups in total. The van der Waals surface area contributed by atoms with Crippen LogP contribution in [-0.4, -0.2) is 19.9 Å². The second-order valence-electron chi connectivity index (χ2n) is 4.26. The summed E-state index contributed by atoms with van der Waals surface area (Å²) in [4.78, 5) is 0. The molecule has 0 atom stereocenters. The van der Waals surface area contributed by atoms with E-state index in [1.54, 1.807) is 18.2 Å². The van der Waals surface area contributed by atoms with Crippen LogP contribution in [0.15, 0.2) is 36.5 Å². The lowest BCUT2D eigenvalue weighted by Crippen LogP contribution is -1.99. The molecule has 1 aliphatic heterocycles. The second kappa shape index (κ2) is 4.93. The lowest BCUT2D eigenvalue weighted by Gasteiger charge is -2.12. The van der Waals surface area contributed by atoms with Crippen LogP contribution in [-0.2, 0) is 16.7 Å². The quantitative estimate of drug-likeness (QED) is 0.785. The summed E-state index contributed by atoms with van der Waals surface area (Å²) in [6.07, 6.45) is 1.48. The highest BCUT2D eigenvalue weighted by molar-refractivity contribution is 7.63. The van der Waals surface area contributed by atoms with Gasteiger partial charge in [-0.15, -0.1) is 0 Å². The summed E-state index contributed by atoms with van der Waals surface area (Å²) in [5.74, 6) is 1.28. The Kier molecular flexibility index (Phi) is 3.11. The molecule has 0 bridgehead atoms. The van der Waals surface area contributed by atoms with E-state index in [1.807, 2.05) is 6.07 Å². The third-order valence-electron chi connectivity index (χ3n) is 2.98. The number of pyridine rings is 1. The van der Waals surface area contributed by atoms with Gasteiger partial charge in [0.25, 0.3) is 0 Å². The highest BCUT2D eigenvalue weighted by Crippen LogP contribution is 2.33. The number of benzene rings is 1. The van der Waals surface area contributed by atoms with Crippen molar-refractivity contribution in [3.63, 3.8) is 0 Å². The molecule has 20 heavy (non-hydrogen) atoms. The first-order valence-electron chi connectivity index (χ1n) is 5.84. The van der Waals surface area contributed by atoms with Gasteiger partial charge in [-0.3, -0.25) is 0 Å². The lowest BCUT2D eigenvalue weighted by molar-refractivity contribution is 0.174. The molecule has 2 heterocycles. The molecule has 7 heteroatoms. The van der Waals surface area contributed by atoms with Crippen molar-refractivity contribution >= 4 is 10.3 Å². The summed E-state index contributed by atoms with van der Waals surface area (Å²) < 4.78 is 32.9. The number of hydrogen-bond donors (Lipinski definition) is 0. The third kappa shape index (κ3) is 2.23. The standard InChI is InChI=1S/C13H10NO5S/c15-14-5-1-2-10(13(14)20(16)17)6-9-3-4-11-12(7-9)19-8-18-11/h1-5,7H,6,8H2/q-1. The van der Waals surface area contributed by atoms with E-state index in [1.165, 1.54) is 6.07 Å². The minimum absolute atomic E-state index is 0.181. The van der Waals surface area contributed by atoms with Crippen LogP contribution < -0.4 is 9.47 Å². The van der Waals surface area contributed by atoms with Gasteiger partial charge in [0.15, 0.2) is 16.1 Å². The average Bonchev–Trinajstić information content (AvgIpc) is 2.85. The molecule has 1 aromatic carbocycles. The molecule has 0 saturated heterocycles. The van der Waals surface area contributed by atoms with Gasteiger partial charge in [-0.05, 0) is 35.5 Å². The van der Waals surface area contributed by atoms with E-state index in [4.69, 9.17) is 9.47 Å². The summed E-state index contributed by atoms with van der Waals surface area (Å²) in [6.45, 7) is 0.181. The summed E-state index contributed by atoms with van der Waals surface area (Å²) in [7, 11) is -2.58. The predicted octanol–water partition coefficient (Wildman–Crippen LogP) is 1.56. The van der Waals surface area contributed by atoms with Crippen molar-refractivity contribution < 1.29 is 17.9 Å². The van der Waals surface area contributed by atoms with Gasteiger partial charge in [0.05, 0.1) is 0 Å². The van der Waals surface area contributed by atoms with Crippen LogP contribution in [0.25, 0.3) is 0 Å². The van der Waals surface area contributed by atoms with Crippen molar-refractivity contribution in [2.45, 2.75) is 6.42 Å². The zero-order valence-corrected chi connectivity index (χ0v) is 11.1. The predicted molar refractivity (Wildman–Crippen MR) is 70.7 cm³/mol. The van der Waals surface area contributed by atoms with E-state index in [2.05, 4.69) is 0 Å². The molecule has 104 valence electrons. The van der Waals surface area contributed by atoms with Gasteiger partial charge < -0.3 is 19.4 Å². The molecule has 1 aromatic heterocycles. The molecule has 0 spiro atoms. The van der Waals surface area contributed by atoms with Crippen molar-refractivity contribution in [2.24, 2.45) is 0 Å². The van der Waals surface area contributed by atoms with Gasteiger partial charge in [0, 0.05) is 6.42 Å². The van der Waals surface area contributed by atoms with Gasteiger partial charge >= 0.3 is 0 Å². The van der Waals surface area contributed by atoms with Crippen molar-refractivity contribution in [2.75, 3.05) is 6.79 Å². The summed E-state index contributed by atoms with van der Waals surface area (Å²) in [5, 5.41) is 11.5. The Morgan fingerprint density at radius 1 is 1.20 bits per heavy atom. The maximum Gasteiger partial charge on any atom is 0.238 e. The van der Waals surface area contributed by atoms with E-state index in [0.717, 1.165) is 11.8 Å². The van der Waals surface area contributed by atoms with Crippen LogP contribution in [0, 0.1) is 9.85 Å². The van der Waals surface area contributed by atoms with Crippen LogP contribution in [0.5, 0.6) is 11.5 Å². The first-order chi connectivity index (χ1) is 9.65. The number of fused-ring (bicyclic) bond motifs is 1. The van der Waals surface area contributed by atoms with Crippen molar-refractivity contribution in [3.8, 4) is 11.5 Å². The van der Waals surface area contributed by atoms with E-state index in [9.17, 15) is 13.6 Å². The zero-order chi connectivity index (χ0) is 14.1. The Labute approximate surface area is 115 Å². The van der Waals surface area contributed by atoms with Crippen LogP contribution in [0.1, 0.15) is 11.1 Å². The lowest BCUT2D eigenvalue weighted by atomic mass is 10.1.